The zero-order valence-corrected chi connectivity index (χ0v) is 41.9. The number of fused-ring (bicyclic) bond motifs is 12. The van der Waals surface area contributed by atoms with E-state index in [1.165, 1.54) is 18.2 Å². The molecule has 0 aliphatic carbocycles. The zero-order valence-electron chi connectivity index (χ0n) is 41.0. The Morgan fingerprint density at radius 3 is 0.972 bits per heavy atom. The molecule has 7 heterocycles. The average molecular weight is 981 g/mol. The third-order valence-electron chi connectivity index (χ3n) is 13.7. The Bertz CT molecular complexity index is 2920. The number of nitrogens with zero attached hydrogens (tertiary/aromatic N) is 6. The van der Waals surface area contributed by atoms with Gasteiger partial charge in [-0.3, -0.25) is 28.8 Å². The van der Waals surface area contributed by atoms with Crippen LogP contribution in [0, 0.1) is 17.8 Å². The number of rotatable bonds is 3. The molecule has 3 atom stereocenters. The first-order chi connectivity index (χ1) is 33.8. The summed E-state index contributed by atoms with van der Waals surface area (Å²) in [4.78, 5) is 103. The first-order valence-electron chi connectivity index (χ1n) is 23.6. The highest BCUT2D eigenvalue weighted by molar-refractivity contribution is 7.85. The number of amides is 6. The maximum atomic E-state index is 16.3. The maximum Gasteiger partial charge on any atom is 0.272 e. The van der Waals surface area contributed by atoms with Gasteiger partial charge in [-0.25, -0.2) is 15.0 Å². The van der Waals surface area contributed by atoms with Gasteiger partial charge in [-0.2, -0.15) is 0 Å². The second-order valence-corrected chi connectivity index (χ2v) is 22.1. The summed E-state index contributed by atoms with van der Waals surface area (Å²) in [7, 11) is 1.07. The fourth-order valence-corrected chi connectivity index (χ4v) is 12.4. The van der Waals surface area contributed by atoms with Crippen LogP contribution in [0.5, 0.6) is 0 Å². The van der Waals surface area contributed by atoms with E-state index in [0.29, 0.717) is 34.6 Å². The minimum absolute atomic E-state index is 0.0390. The van der Waals surface area contributed by atoms with Crippen molar-refractivity contribution >= 4 is 58.5 Å². The van der Waals surface area contributed by atoms with Crippen LogP contribution in [0.15, 0.2) is 72.8 Å². The van der Waals surface area contributed by atoms with E-state index in [9.17, 15) is 28.8 Å². The molecule has 0 saturated heterocycles. The molecule has 3 aromatic heterocycles. The van der Waals surface area contributed by atoms with Crippen molar-refractivity contribution in [3.05, 3.63) is 141 Å². The van der Waals surface area contributed by atoms with Gasteiger partial charge in [0, 0.05) is 53.7 Å². The van der Waals surface area contributed by atoms with E-state index in [4.69, 9.17) is 15.0 Å². The molecule has 6 aromatic rings. The molecule has 4 aliphatic rings. The van der Waals surface area contributed by atoms with Gasteiger partial charge in [-0.15, -0.1) is 0 Å². The molecule has 0 saturated carbocycles. The molecule has 16 bridgehead atoms. The minimum atomic E-state index is -4.05. The van der Waals surface area contributed by atoms with Crippen LogP contribution in [0.1, 0.15) is 157 Å². The lowest BCUT2D eigenvalue weighted by Crippen LogP contribution is -2.36. The molecule has 4 aliphatic heterocycles. The Hall–Kier alpha value is -7.66. The molecule has 368 valence electrons. The summed E-state index contributed by atoms with van der Waals surface area (Å²) in [5.41, 5.74) is 1.26. The first kappa shape index (κ1) is 48.4. The van der Waals surface area contributed by atoms with E-state index >= 15 is 4.57 Å². The largest absolute Gasteiger partial charge is 0.346 e. The standard InChI is InChI=1S/C51H57N12O7P/c1-25(2)37-43-55-41-34(61(43)7)22-52-46(64)28-13-10-16-31(19-28)71(70)32-17-11-14-29(20-32)47(65)53-23-35-40(49(67)58-37)56-44(62(35)8)38(26(3)4)60-51(69)42-36(24-54-48(66)30-15-12-18-33(71)21-30)63(9)45(57-42)39(27(5)6)59-50(41)68/h10-21,25-27,37-39H,22-24H2,1-9H3,(H,52,64)(H,53,65)(H,54,66)(H,58,67)(H,59,68)(H,60,69)/t37-,38-,39-,71?/m0/s1. The third kappa shape index (κ3) is 8.51. The predicted molar refractivity (Wildman–Crippen MR) is 264 cm³/mol. The van der Waals surface area contributed by atoms with Crippen LogP contribution in [-0.4, -0.2) is 64.1 Å². The van der Waals surface area contributed by atoms with Crippen molar-refractivity contribution in [3.8, 4) is 0 Å². The van der Waals surface area contributed by atoms with Crippen molar-refractivity contribution in [1.29, 1.82) is 0 Å². The van der Waals surface area contributed by atoms with Gasteiger partial charge in [0.25, 0.3) is 35.4 Å². The Morgan fingerprint density at radius 1 is 0.451 bits per heavy atom. The molecule has 0 spiro atoms. The highest BCUT2D eigenvalue weighted by Crippen LogP contribution is 2.43. The van der Waals surface area contributed by atoms with Crippen molar-refractivity contribution in [2.24, 2.45) is 38.9 Å². The van der Waals surface area contributed by atoms with Gasteiger partial charge < -0.3 is 50.2 Å². The summed E-state index contributed by atoms with van der Waals surface area (Å²) in [6.07, 6.45) is 0. The van der Waals surface area contributed by atoms with Crippen molar-refractivity contribution in [2.75, 3.05) is 0 Å². The number of carbonyl (C=O) groups is 6. The fraction of sp³-hybridized carbons (Fsp3) is 0.353. The lowest BCUT2D eigenvalue weighted by atomic mass is 10.0. The second-order valence-electron chi connectivity index (χ2n) is 19.4. The van der Waals surface area contributed by atoms with Crippen molar-refractivity contribution in [3.63, 3.8) is 0 Å². The topological polar surface area (TPSA) is 245 Å². The van der Waals surface area contributed by atoms with Gasteiger partial charge in [-0.1, -0.05) is 77.9 Å². The third-order valence-corrected chi connectivity index (χ3v) is 16.8. The normalized spacial score (nSPS) is 20.6. The number of benzene rings is 3. The van der Waals surface area contributed by atoms with E-state index in [2.05, 4.69) is 31.9 Å². The van der Waals surface area contributed by atoms with Gasteiger partial charge in [0.05, 0.1) is 54.8 Å². The Labute approximate surface area is 410 Å². The van der Waals surface area contributed by atoms with E-state index in [1.807, 2.05) is 41.5 Å². The molecule has 20 heteroatoms. The van der Waals surface area contributed by atoms with Gasteiger partial charge in [0.15, 0.2) is 24.2 Å². The number of hydrogen-bond acceptors (Lipinski definition) is 10. The number of carbonyl (C=O) groups excluding carboxylic acids is 6. The molecule has 6 N–H and O–H groups in total. The van der Waals surface area contributed by atoms with Crippen LogP contribution in [0.4, 0.5) is 0 Å². The quantitative estimate of drug-likeness (QED) is 0.141. The molecule has 0 radical (unpaired) electrons. The highest BCUT2D eigenvalue weighted by Gasteiger charge is 2.38. The van der Waals surface area contributed by atoms with Gasteiger partial charge in [0.1, 0.15) is 17.5 Å². The maximum absolute atomic E-state index is 16.3. The molecule has 6 amide bonds. The van der Waals surface area contributed by atoms with E-state index < -0.39 is 60.7 Å². The molecule has 19 nitrogen and oxygen atoms in total. The number of nitrogens with one attached hydrogen (secondary N) is 6. The average Bonchev–Trinajstić information content (AvgIpc) is 3.98. The highest BCUT2D eigenvalue weighted by atomic mass is 31.2. The Kier molecular flexibility index (Phi) is 12.7. The van der Waals surface area contributed by atoms with Crippen molar-refractivity contribution < 1.29 is 33.3 Å². The summed E-state index contributed by atoms with van der Waals surface area (Å²) >= 11 is 0. The van der Waals surface area contributed by atoms with Gasteiger partial charge >= 0.3 is 0 Å². The molecule has 3 aromatic carbocycles. The number of aromatic nitrogens is 6. The smallest absolute Gasteiger partial charge is 0.272 e. The Balaban J connectivity index is 1.39. The first-order valence-corrected chi connectivity index (χ1v) is 25.3. The summed E-state index contributed by atoms with van der Waals surface area (Å²) in [5.74, 6) is -3.55. The van der Waals surface area contributed by atoms with E-state index in [0.717, 1.165) is 0 Å². The lowest BCUT2D eigenvalue weighted by Gasteiger charge is -2.22. The van der Waals surface area contributed by atoms with Crippen molar-refractivity contribution in [1.82, 2.24) is 60.6 Å². The summed E-state index contributed by atoms with van der Waals surface area (Å²) in [6, 6.07) is 16.6. The predicted octanol–water partition coefficient (Wildman–Crippen LogP) is 3.64. The fourth-order valence-electron chi connectivity index (χ4n) is 9.63. The monoisotopic (exact) mass is 980 g/mol. The van der Waals surface area contributed by atoms with Crippen LogP contribution in [0.2, 0.25) is 0 Å². The van der Waals surface area contributed by atoms with Crippen LogP contribution in [-0.2, 0) is 45.3 Å². The Morgan fingerprint density at radius 2 is 0.718 bits per heavy atom. The number of imidazole rings is 3. The van der Waals surface area contributed by atoms with Gasteiger partial charge in [0.2, 0.25) is 0 Å². The molecule has 0 fully saturated rings. The van der Waals surface area contributed by atoms with Crippen LogP contribution < -0.4 is 47.8 Å². The minimum Gasteiger partial charge on any atom is -0.346 e. The van der Waals surface area contributed by atoms with Crippen molar-refractivity contribution in [2.45, 2.75) is 79.3 Å². The number of hydrogen-bond donors (Lipinski definition) is 6. The summed E-state index contributed by atoms with van der Waals surface area (Å²) < 4.78 is 21.3. The van der Waals surface area contributed by atoms with Crippen LogP contribution in [0.3, 0.4) is 0 Å². The summed E-state index contributed by atoms with van der Waals surface area (Å²) in [6.45, 7) is 10.8. The van der Waals surface area contributed by atoms with Crippen LogP contribution >= 0.6 is 7.14 Å². The summed E-state index contributed by atoms with van der Waals surface area (Å²) in [5, 5.41) is 19.0. The van der Waals surface area contributed by atoms with Crippen LogP contribution in [0.25, 0.3) is 0 Å². The SMILES string of the molecule is CC(C)[C@@H]1NC(=O)c2nc3n(C)c2CNC(=O)c2cccc(c2)P2(=O)c4cccc(c4)C(=O)NCc4c(nc1n4C)C(=O)N[C@@H](C(C)C)c1nc(c(n1C)CNC(=O)c1cccc2c1)C(=O)N[C@H]3C(C)C. The molecule has 71 heavy (non-hydrogen) atoms. The second kappa shape index (κ2) is 18.6. The molecular formula is C51H57N12O7P. The molecular weight excluding hydrogens is 924 g/mol. The van der Waals surface area contributed by atoms with E-state index in [-0.39, 0.29) is 87.1 Å². The zero-order chi connectivity index (χ0) is 50.8. The van der Waals surface area contributed by atoms with E-state index in [1.54, 1.807) is 89.4 Å². The molecule has 0 unspecified atom stereocenters. The van der Waals surface area contributed by atoms with Gasteiger partial charge in [-0.05, 0) is 54.2 Å². The molecule has 10 rings (SSSR count). The lowest BCUT2D eigenvalue weighted by molar-refractivity contribution is 0.0908.